The third-order valence-electron chi connectivity index (χ3n) is 5.05. The van der Waals surface area contributed by atoms with E-state index in [4.69, 9.17) is 0 Å². The van der Waals surface area contributed by atoms with Crippen LogP contribution in [-0.2, 0) is 16.6 Å². The predicted octanol–water partition coefficient (Wildman–Crippen LogP) is 4.25. The van der Waals surface area contributed by atoms with Crippen LogP contribution in [0.1, 0.15) is 34.6 Å². The normalized spacial score (nSPS) is 17.3. The van der Waals surface area contributed by atoms with Gasteiger partial charge in [0.05, 0.1) is 10.9 Å². The molecule has 0 aliphatic carbocycles. The van der Waals surface area contributed by atoms with Crippen molar-refractivity contribution in [2.24, 2.45) is 0 Å². The second-order valence-corrected chi connectivity index (χ2v) is 9.58. The zero-order valence-electron chi connectivity index (χ0n) is 15.2. The number of carbonyl (C=O) groups is 1. The van der Waals surface area contributed by atoms with Crippen LogP contribution in [0.4, 0.5) is 0 Å². The molecule has 0 spiro atoms. The van der Waals surface area contributed by atoms with Gasteiger partial charge in [-0.15, -0.1) is 0 Å². The number of nitrogens with zero attached hydrogens (tertiary/aromatic N) is 2. The number of rotatable bonds is 4. The van der Waals surface area contributed by atoms with E-state index >= 15 is 0 Å². The molecule has 2 aromatic carbocycles. The number of Topliss-reactive ketones (excluding diaryl/α,β-unsaturated/α-hetero) is 1. The van der Waals surface area contributed by atoms with Gasteiger partial charge >= 0.3 is 0 Å². The van der Waals surface area contributed by atoms with E-state index in [1.165, 1.54) is 19.1 Å². The van der Waals surface area contributed by atoms with Gasteiger partial charge in [0.25, 0.3) is 0 Å². The molecule has 0 unspecified atom stereocenters. The van der Waals surface area contributed by atoms with Crippen molar-refractivity contribution in [3.63, 3.8) is 0 Å². The quantitative estimate of drug-likeness (QED) is 0.549. The number of hydrogen-bond acceptors (Lipinski definition) is 3. The van der Waals surface area contributed by atoms with Gasteiger partial charge in [0, 0.05) is 35.0 Å². The fraction of sp³-hybridized carbons (Fsp3) is 0.190. The molecule has 0 saturated heterocycles. The summed E-state index contributed by atoms with van der Waals surface area (Å²) in [6.07, 6.45) is 1.98. The molecule has 144 valence electrons. The van der Waals surface area contributed by atoms with Crippen LogP contribution in [0.5, 0.6) is 0 Å². The third-order valence-corrected chi connectivity index (χ3v) is 7.45. The molecular weight excluding hydrogens is 440 g/mol. The molecule has 0 fully saturated rings. The van der Waals surface area contributed by atoms with Crippen LogP contribution in [-0.4, -0.2) is 29.6 Å². The molecule has 4 rings (SSSR count). The summed E-state index contributed by atoms with van der Waals surface area (Å²) in [6, 6.07) is 17.4. The van der Waals surface area contributed by atoms with Crippen LogP contribution >= 0.6 is 15.9 Å². The van der Waals surface area contributed by atoms with Crippen molar-refractivity contribution in [2.45, 2.75) is 24.4 Å². The molecule has 1 aliphatic heterocycles. The maximum Gasteiger partial charge on any atom is 0.244 e. The predicted molar refractivity (Wildman–Crippen MR) is 111 cm³/mol. The van der Waals surface area contributed by atoms with E-state index < -0.39 is 16.1 Å². The second kappa shape index (κ2) is 7.31. The Morgan fingerprint density at radius 2 is 1.68 bits per heavy atom. The van der Waals surface area contributed by atoms with Crippen molar-refractivity contribution in [1.29, 1.82) is 0 Å². The number of carbonyl (C=O) groups excluding carboxylic acids is 1. The molecule has 0 radical (unpaired) electrons. The zero-order valence-corrected chi connectivity index (χ0v) is 17.7. The van der Waals surface area contributed by atoms with Crippen molar-refractivity contribution in [2.75, 3.05) is 6.54 Å². The number of hydrogen-bond donors (Lipinski definition) is 0. The molecule has 0 amide bonds. The summed E-state index contributed by atoms with van der Waals surface area (Å²) in [5, 5.41) is 0. The number of ketones is 1. The third kappa shape index (κ3) is 3.34. The van der Waals surface area contributed by atoms with Gasteiger partial charge in [-0.3, -0.25) is 4.79 Å². The fourth-order valence-corrected chi connectivity index (χ4v) is 5.44. The first-order valence-electron chi connectivity index (χ1n) is 8.91. The second-order valence-electron chi connectivity index (χ2n) is 6.78. The number of benzene rings is 2. The summed E-state index contributed by atoms with van der Waals surface area (Å²) < 4.78 is 31.5. The molecule has 3 aromatic rings. The Morgan fingerprint density at radius 3 is 2.32 bits per heavy atom. The van der Waals surface area contributed by atoms with Gasteiger partial charge < -0.3 is 4.57 Å². The highest BCUT2D eigenvalue weighted by molar-refractivity contribution is 9.10. The maximum atomic E-state index is 13.5. The SMILES string of the molecule is CC(=O)c1ccc(S(=O)(=O)N2CCn3cccc3[C@@H]2c2ccc(Br)cc2)cc1. The summed E-state index contributed by atoms with van der Waals surface area (Å²) in [4.78, 5) is 11.7. The lowest BCUT2D eigenvalue weighted by Gasteiger charge is -2.36. The number of halogens is 1. The lowest BCUT2D eigenvalue weighted by molar-refractivity contribution is 0.101. The van der Waals surface area contributed by atoms with Gasteiger partial charge in [-0.2, -0.15) is 4.31 Å². The highest BCUT2D eigenvalue weighted by Crippen LogP contribution is 2.36. The van der Waals surface area contributed by atoms with E-state index in [1.54, 1.807) is 16.4 Å². The van der Waals surface area contributed by atoms with Crippen molar-refractivity contribution in [1.82, 2.24) is 8.87 Å². The molecule has 1 aromatic heterocycles. The summed E-state index contributed by atoms with van der Waals surface area (Å²) in [5.41, 5.74) is 2.35. The van der Waals surface area contributed by atoms with Crippen molar-refractivity contribution in [3.8, 4) is 0 Å². The lowest BCUT2D eigenvalue weighted by Crippen LogP contribution is -2.42. The first-order chi connectivity index (χ1) is 13.4. The molecule has 1 aliphatic rings. The van der Waals surface area contributed by atoms with Crippen molar-refractivity contribution in [3.05, 3.63) is 88.2 Å². The molecule has 0 N–H and O–H groups in total. The van der Waals surface area contributed by atoms with E-state index in [9.17, 15) is 13.2 Å². The van der Waals surface area contributed by atoms with E-state index in [0.29, 0.717) is 18.7 Å². The highest BCUT2D eigenvalue weighted by Gasteiger charge is 2.37. The maximum absolute atomic E-state index is 13.5. The van der Waals surface area contributed by atoms with Gasteiger partial charge in [0.15, 0.2) is 5.78 Å². The van der Waals surface area contributed by atoms with Crippen LogP contribution in [0.3, 0.4) is 0 Å². The first kappa shape index (κ1) is 19.1. The summed E-state index contributed by atoms with van der Waals surface area (Å²) in [5.74, 6) is -0.0903. The van der Waals surface area contributed by atoms with Gasteiger partial charge in [0.1, 0.15) is 0 Å². The Morgan fingerprint density at radius 1 is 1.00 bits per heavy atom. The van der Waals surface area contributed by atoms with Crippen LogP contribution < -0.4 is 0 Å². The molecule has 7 heteroatoms. The highest BCUT2D eigenvalue weighted by atomic mass is 79.9. The average Bonchev–Trinajstić information content (AvgIpc) is 3.17. The Labute approximate surface area is 172 Å². The molecule has 1 atom stereocenters. The average molecular weight is 459 g/mol. The summed E-state index contributed by atoms with van der Waals surface area (Å²) >= 11 is 3.44. The molecule has 0 saturated carbocycles. The van der Waals surface area contributed by atoms with E-state index in [-0.39, 0.29) is 10.7 Å². The van der Waals surface area contributed by atoms with E-state index in [2.05, 4.69) is 20.5 Å². The zero-order chi connectivity index (χ0) is 19.9. The Bertz CT molecular complexity index is 1120. The van der Waals surface area contributed by atoms with Crippen LogP contribution in [0.2, 0.25) is 0 Å². The molecule has 5 nitrogen and oxygen atoms in total. The topological polar surface area (TPSA) is 59.4 Å². The Hall–Kier alpha value is -2.22. The first-order valence-corrected chi connectivity index (χ1v) is 11.1. The summed E-state index contributed by atoms with van der Waals surface area (Å²) in [6.45, 7) is 2.44. The van der Waals surface area contributed by atoms with Crippen molar-refractivity contribution < 1.29 is 13.2 Å². The Balaban J connectivity index is 1.80. The summed E-state index contributed by atoms with van der Waals surface area (Å²) in [7, 11) is -3.74. The van der Waals surface area contributed by atoms with Crippen LogP contribution in [0.25, 0.3) is 0 Å². The van der Waals surface area contributed by atoms with Gasteiger partial charge in [-0.05, 0) is 48.9 Å². The van der Waals surface area contributed by atoms with E-state index in [1.807, 2.05) is 42.6 Å². The van der Waals surface area contributed by atoms with E-state index in [0.717, 1.165) is 15.7 Å². The molecular formula is C21H19BrN2O3S. The monoisotopic (exact) mass is 458 g/mol. The smallest absolute Gasteiger partial charge is 0.244 e. The largest absolute Gasteiger partial charge is 0.348 e. The fourth-order valence-electron chi connectivity index (χ4n) is 3.60. The lowest BCUT2D eigenvalue weighted by atomic mass is 10.0. The van der Waals surface area contributed by atoms with Gasteiger partial charge in [-0.1, -0.05) is 40.2 Å². The minimum atomic E-state index is -3.74. The van der Waals surface area contributed by atoms with Crippen LogP contribution in [0, 0.1) is 0 Å². The van der Waals surface area contributed by atoms with Gasteiger partial charge in [-0.25, -0.2) is 8.42 Å². The van der Waals surface area contributed by atoms with Gasteiger partial charge in [0.2, 0.25) is 10.0 Å². The standard InChI is InChI=1S/C21H19BrN2O3S/c1-15(25)16-6-10-19(11-7-16)28(26,27)24-14-13-23-12-2-3-20(23)21(24)17-4-8-18(22)9-5-17/h2-12,21H,13-14H2,1H3/t21-/m0/s1. The Kier molecular flexibility index (Phi) is 4.99. The van der Waals surface area contributed by atoms with Crippen LogP contribution in [0.15, 0.2) is 76.2 Å². The molecule has 0 bridgehead atoms. The van der Waals surface area contributed by atoms with Crippen molar-refractivity contribution >= 4 is 31.7 Å². The number of sulfonamides is 1. The molecule has 2 heterocycles. The number of aromatic nitrogens is 1. The molecule has 28 heavy (non-hydrogen) atoms. The minimum absolute atomic E-state index is 0.0903. The minimum Gasteiger partial charge on any atom is -0.348 e. The number of fused-ring (bicyclic) bond motifs is 1.